The van der Waals surface area contributed by atoms with E-state index in [2.05, 4.69) is 18.9 Å². The van der Waals surface area contributed by atoms with Gasteiger partial charge in [0.05, 0.1) is 28.2 Å². The summed E-state index contributed by atoms with van der Waals surface area (Å²) in [6.45, 7) is 4.22. The summed E-state index contributed by atoms with van der Waals surface area (Å²) in [5.74, 6) is 0.244. The van der Waals surface area contributed by atoms with Crippen LogP contribution in [0.15, 0.2) is 71.7 Å². The van der Waals surface area contributed by atoms with Crippen LogP contribution in [0.4, 0.5) is 0 Å². The molecule has 5 heteroatoms. The smallest absolute Gasteiger partial charge is 0.267 e. The highest BCUT2D eigenvalue weighted by Crippen LogP contribution is 2.31. The lowest BCUT2D eigenvalue weighted by molar-refractivity contribution is 0.783. The van der Waals surface area contributed by atoms with Crippen molar-refractivity contribution >= 4 is 5.52 Å². The van der Waals surface area contributed by atoms with E-state index in [1.165, 1.54) is 4.68 Å². The number of pyridine rings is 1. The van der Waals surface area contributed by atoms with Crippen LogP contribution >= 0.6 is 0 Å². The Labute approximate surface area is 145 Å². The normalized spacial score (nSPS) is 11.3. The second-order valence-electron chi connectivity index (χ2n) is 6.25. The molecule has 1 aromatic carbocycles. The molecule has 0 saturated heterocycles. The first-order chi connectivity index (χ1) is 12.1. The minimum absolute atomic E-state index is 0.155. The van der Waals surface area contributed by atoms with E-state index in [0.29, 0.717) is 0 Å². The van der Waals surface area contributed by atoms with E-state index in [4.69, 9.17) is 5.10 Å². The third-order valence-corrected chi connectivity index (χ3v) is 4.17. The van der Waals surface area contributed by atoms with Gasteiger partial charge in [-0.25, -0.2) is 4.52 Å². The predicted octanol–water partition coefficient (Wildman–Crippen LogP) is 3.67. The molecule has 3 aromatic heterocycles. The van der Waals surface area contributed by atoms with Gasteiger partial charge in [-0.05, 0) is 36.2 Å². The number of rotatable bonds is 3. The molecule has 3 heterocycles. The number of nitrogens with zero attached hydrogens (tertiary/aromatic N) is 4. The van der Waals surface area contributed by atoms with Crippen molar-refractivity contribution in [2.75, 3.05) is 0 Å². The molecule has 0 fully saturated rings. The molecular formula is C20H18N4O. The van der Waals surface area contributed by atoms with Crippen molar-refractivity contribution in [1.82, 2.24) is 19.4 Å². The predicted molar refractivity (Wildman–Crippen MR) is 98.1 cm³/mol. The molecule has 0 unspecified atom stereocenters. The molecule has 25 heavy (non-hydrogen) atoms. The second kappa shape index (κ2) is 6.02. The molecule has 0 aliphatic carbocycles. The second-order valence-corrected chi connectivity index (χ2v) is 6.25. The molecule has 0 bridgehead atoms. The van der Waals surface area contributed by atoms with Crippen LogP contribution < -0.4 is 5.56 Å². The number of hydrogen-bond donors (Lipinski definition) is 0. The van der Waals surface area contributed by atoms with Crippen molar-refractivity contribution in [3.05, 3.63) is 82.9 Å². The SMILES string of the molecule is CC(C)c1nn2ccccc2c1-c1ccc(=O)n(-c2ccccc2)n1. The molecule has 0 aliphatic heterocycles. The van der Waals surface area contributed by atoms with E-state index in [-0.39, 0.29) is 11.5 Å². The zero-order valence-corrected chi connectivity index (χ0v) is 14.1. The van der Waals surface area contributed by atoms with Gasteiger partial charge in [-0.1, -0.05) is 38.1 Å². The molecule has 0 aliphatic rings. The first kappa shape index (κ1) is 15.3. The molecule has 4 aromatic rings. The Morgan fingerprint density at radius 2 is 1.64 bits per heavy atom. The molecule has 0 amide bonds. The lowest BCUT2D eigenvalue weighted by Crippen LogP contribution is -2.20. The van der Waals surface area contributed by atoms with Gasteiger partial charge in [0.2, 0.25) is 0 Å². The number of benzene rings is 1. The Balaban J connectivity index is 1.99. The minimum atomic E-state index is -0.155. The highest BCUT2D eigenvalue weighted by molar-refractivity contribution is 5.80. The van der Waals surface area contributed by atoms with Gasteiger partial charge in [0.1, 0.15) is 0 Å². The van der Waals surface area contributed by atoms with Crippen molar-refractivity contribution in [2.45, 2.75) is 19.8 Å². The zero-order valence-electron chi connectivity index (χ0n) is 14.1. The van der Waals surface area contributed by atoms with Gasteiger partial charge >= 0.3 is 0 Å². The molecule has 0 radical (unpaired) electrons. The lowest BCUT2D eigenvalue weighted by atomic mass is 10.0. The summed E-state index contributed by atoms with van der Waals surface area (Å²) < 4.78 is 3.30. The largest absolute Gasteiger partial charge is 0.271 e. The van der Waals surface area contributed by atoms with Gasteiger partial charge in [0.25, 0.3) is 5.56 Å². The first-order valence-corrected chi connectivity index (χ1v) is 8.28. The summed E-state index contributed by atoms with van der Waals surface area (Å²) in [4.78, 5) is 12.3. The Morgan fingerprint density at radius 3 is 2.40 bits per heavy atom. The number of hydrogen-bond acceptors (Lipinski definition) is 3. The Kier molecular flexibility index (Phi) is 3.69. The number of fused-ring (bicyclic) bond motifs is 1. The number of para-hydroxylation sites is 1. The highest BCUT2D eigenvalue weighted by atomic mass is 16.1. The van der Waals surface area contributed by atoms with Crippen molar-refractivity contribution in [2.24, 2.45) is 0 Å². The van der Waals surface area contributed by atoms with Crippen LogP contribution in [0.2, 0.25) is 0 Å². The topological polar surface area (TPSA) is 52.2 Å². The average molecular weight is 330 g/mol. The van der Waals surface area contributed by atoms with Crippen molar-refractivity contribution in [3.63, 3.8) is 0 Å². The third kappa shape index (κ3) is 2.63. The summed E-state index contributed by atoms with van der Waals surface area (Å²) in [5.41, 5.74) is 4.26. The lowest BCUT2D eigenvalue weighted by Gasteiger charge is -2.09. The van der Waals surface area contributed by atoms with E-state index >= 15 is 0 Å². The van der Waals surface area contributed by atoms with Gasteiger partial charge in [-0.15, -0.1) is 0 Å². The van der Waals surface area contributed by atoms with E-state index in [1.54, 1.807) is 12.1 Å². The molecular weight excluding hydrogens is 312 g/mol. The summed E-state index contributed by atoms with van der Waals surface area (Å²) in [7, 11) is 0. The van der Waals surface area contributed by atoms with E-state index in [9.17, 15) is 4.79 Å². The molecule has 0 saturated carbocycles. The van der Waals surface area contributed by atoms with Gasteiger partial charge in [-0.2, -0.15) is 14.9 Å². The summed E-state index contributed by atoms with van der Waals surface area (Å²) >= 11 is 0. The molecule has 0 atom stereocenters. The fraction of sp³-hybridized carbons (Fsp3) is 0.150. The van der Waals surface area contributed by atoms with Crippen LogP contribution in [0.5, 0.6) is 0 Å². The fourth-order valence-electron chi connectivity index (χ4n) is 2.98. The monoisotopic (exact) mass is 330 g/mol. The van der Waals surface area contributed by atoms with E-state index in [0.717, 1.165) is 28.2 Å². The Morgan fingerprint density at radius 1 is 0.880 bits per heavy atom. The average Bonchev–Trinajstić information content (AvgIpc) is 3.03. The van der Waals surface area contributed by atoms with Crippen LogP contribution in [-0.2, 0) is 0 Å². The van der Waals surface area contributed by atoms with Crippen molar-refractivity contribution < 1.29 is 0 Å². The van der Waals surface area contributed by atoms with E-state index in [1.807, 2.05) is 59.2 Å². The first-order valence-electron chi connectivity index (χ1n) is 8.28. The van der Waals surface area contributed by atoms with Crippen LogP contribution in [0.1, 0.15) is 25.5 Å². The van der Waals surface area contributed by atoms with Crippen molar-refractivity contribution in [3.8, 4) is 16.9 Å². The van der Waals surface area contributed by atoms with Crippen molar-refractivity contribution in [1.29, 1.82) is 0 Å². The van der Waals surface area contributed by atoms with Crippen LogP contribution in [0.25, 0.3) is 22.5 Å². The zero-order chi connectivity index (χ0) is 17.4. The Bertz CT molecular complexity index is 1090. The molecule has 5 nitrogen and oxygen atoms in total. The maximum Gasteiger partial charge on any atom is 0.271 e. The van der Waals surface area contributed by atoms with E-state index < -0.39 is 0 Å². The van der Waals surface area contributed by atoms with Crippen LogP contribution in [-0.4, -0.2) is 19.4 Å². The molecule has 0 N–H and O–H groups in total. The summed E-state index contributed by atoms with van der Waals surface area (Å²) in [6.07, 6.45) is 1.93. The third-order valence-electron chi connectivity index (χ3n) is 4.17. The maximum atomic E-state index is 12.3. The minimum Gasteiger partial charge on any atom is -0.267 e. The molecule has 124 valence electrons. The quantitative estimate of drug-likeness (QED) is 0.576. The standard InChI is InChI=1S/C20H18N4O/c1-14(2)20-19(17-10-6-7-13-23(17)22-20)16-11-12-18(25)24(21-16)15-8-4-3-5-9-15/h3-14H,1-2H3. The fourth-order valence-corrected chi connectivity index (χ4v) is 2.98. The van der Waals surface area contributed by atoms with Gasteiger partial charge in [0.15, 0.2) is 0 Å². The molecule has 0 spiro atoms. The summed E-state index contributed by atoms with van der Waals surface area (Å²) in [5, 5.41) is 9.33. The molecule has 4 rings (SSSR count). The van der Waals surface area contributed by atoms with Gasteiger partial charge in [-0.3, -0.25) is 4.79 Å². The summed E-state index contributed by atoms with van der Waals surface area (Å²) in [6, 6.07) is 18.7. The van der Waals surface area contributed by atoms with Crippen LogP contribution in [0.3, 0.4) is 0 Å². The van der Waals surface area contributed by atoms with Gasteiger partial charge in [0, 0.05) is 12.3 Å². The number of aromatic nitrogens is 4. The Hall–Kier alpha value is -3.21. The van der Waals surface area contributed by atoms with Crippen LogP contribution in [0, 0.1) is 0 Å². The maximum absolute atomic E-state index is 12.3. The van der Waals surface area contributed by atoms with Gasteiger partial charge < -0.3 is 0 Å². The highest BCUT2D eigenvalue weighted by Gasteiger charge is 2.19.